The molecule has 0 bridgehead atoms. The van der Waals surface area contributed by atoms with Gasteiger partial charge in [-0.3, -0.25) is 0 Å². The molecule has 2 aliphatic carbocycles. The fourth-order valence-corrected chi connectivity index (χ4v) is 6.20. The largest absolute Gasteiger partial charge is 0.416 e. The molecular weight excluding hydrogens is 642 g/mol. The highest BCUT2D eigenvalue weighted by Gasteiger charge is 2.31. The minimum atomic E-state index is -4.36. The van der Waals surface area contributed by atoms with Gasteiger partial charge in [-0.1, -0.05) is 61.5 Å². The SMILES string of the molecule is Cc1nc(Cl)c(-c2ccc(C(F)(F)F)cc2)c(NC2CCCC2)n1.Cc1ncc(-c2ccc(C(F)(F)F)cc2)c(NC2CCCC2)n1. The Balaban J connectivity index is 0.000000185. The number of nitrogens with one attached hydrogen (secondary N) is 2. The van der Waals surface area contributed by atoms with E-state index in [1.165, 1.54) is 37.1 Å². The van der Waals surface area contributed by atoms with E-state index in [1.54, 1.807) is 20.0 Å². The molecule has 250 valence electrons. The summed E-state index contributed by atoms with van der Waals surface area (Å²) in [6.45, 7) is 3.54. The molecular formula is C34H35ClF6N6. The molecule has 0 saturated heterocycles. The number of alkyl halides is 6. The van der Waals surface area contributed by atoms with Crippen molar-refractivity contribution in [2.45, 2.75) is 89.7 Å². The summed E-state index contributed by atoms with van der Waals surface area (Å²) in [7, 11) is 0. The van der Waals surface area contributed by atoms with E-state index in [4.69, 9.17) is 11.6 Å². The van der Waals surface area contributed by atoms with Crippen LogP contribution in [0.1, 0.15) is 74.1 Å². The van der Waals surface area contributed by atoms with Crippen molar-refractivity contribution in [3.63, 3.8) is 0 Å². The molecule has 2 heterocycles. The number of halogens is 7. The number of hydrogen-bond acceptors (Lipinski definition) is 6. The number of rotatable bonds is 6. The molecule has 2 aromatic carbocycles. The highest BCUT2D eigenvalue weighted by atomic mass is 35.5. The maximum Gasteiger partial charge on any atom is 0.416 e. The number of aromatic nitrogens is 4. The number of nitrogens with zero attached hydrogens (tertiary/aromatic N) is 4. The van der Waals surface area contributed by atoms with Crippen molar-refractivity contribution in [3.05, 3.63) is 82.7 Å². The Morgan fingerprint density at radius 2 is 1.06 bits per heavy atom. The zero-order chi connectivity index (χ0) is 33.8. The maximum atomic E-state index is 12.7. The van der Waals surface area contributed by atoms with Gasteiger partial charge in [-0.2, -0.15) is 26.3 Å². The second kappa shape index (κ2) is 14.5. The molecule has 0 spiro atoms. The van der Waals surface area contributed by atoms with Crippen LogP contribution in [0, 0.1) is 13.8 Å². The van der Waals surface area contributed by atoms with E-state index in [0.717, 1.165) is 68.4 Å². The van der Waals surface area contributed by atoms with Gasteiger partial charge in [0, 0.05) is 23.8 Å². The Labute approximate surface area is 274 Å². The minimum absolute atomic E-state index is 0.239. The van der Waals surface area contributed by atoms with Crippen LogP contribution >= 0.6 is 11.6 Å². The normalized spacial score (nSPS) is 15.8. The summed E-state index contributed by atoms with van der Waals surface area (Å²) in [5.41, 5.74) is 1.17. The molecule has 2 fully saturated rings. The van der Waals surface area contributed by atoms with Crippen LogP contribution < -0.4 is 10.6 Å². The molecule has 0 amide bonds. The van der Waals surface area contributed by atoms with Crippen molar-refractivity contribution >= 4 is 23.2 Å². The Morgan fingerprint density at radius 1 is 0.617 bits per heavy atom. The first-order valence-corrected chi connectivity index (χ1v) is 15.9. The molecule has 4 aromatic rings. The maximum absolute atomic E-state index is 12.7. The summed E-state index contributed by atoms with van der Waals surface area (Å²) >= 11 is 6.27. The van der Waals surface area contributed by atoms with Crippen LogP contribution in [0.3, 0.4) is 0 Å². The summed E-state index contributed by atoms with van der Waals surface area (Å²) in [6, 6.07) is 10.7. The van der Waals surface area contributed by atoms with E-state index in [-0.39, 0.29) is 5.15 Å². The monoisotopic (exact) mass is 676 g/mol. The molecule has 0 radical (unpaired) electrons. The topological polar surface area (TPSA) is 75.6 Å². The van der Waals surface area contributed by atoms with E-state index in [1.807, 2.05) is 0 Å². The van der Waals surface area contributed by atoms with E-state index < -0.39 is 23.5 Å². The lowest BCUT2D eigenvalue weighted by Crippen LogP contribution is -2.17. The zero-order valence-corrected chi connectivity index (χ0v) is 26.7. The third-order valence-electron chi connectivity index (χ3n) is 8.30. The van der Waals surface area contributed by atoms with E-state index in [2.05, 4.69) is 30.6 Å². The van der Waals surface area contributed by atoms with E-state index in [9.17, 15) is 26.3 Å². The van der Waals surface area contributed by atoms with Crippen LogP contribution in [0.5, 0.6) is 0 Å². The third kappa shape index (κ3) is 8.91. The predicted molar refractivity (Wildman–Crippen MR) is 171 cm³/mol. The van der Waals surface area contributed by atoms with Crippen molar-refractivity contribution in [2.24, 2.45) is 0 Å². The van der Waals surface area contributed by atoms with Crippen molar-refractivity contribution in [3.8, 4) is 22.3 Å². The van der Waals surface area contributed by atoms with Gasteiger partial charge in [0.2, 0.25) is 0 Å². The second-order valence-corrected chi connectivity index (χ2v) is 12.2. The van der Waals surface area contributed by atoms with Crippen LogP contribution in [0.2, 0.25) is 5.15 Å². The molecule has 2 saturated carbocycles. The summed E-state index contributed by atoms with van der Waals surface area (Å²) in [4.78, 5) is 17.2. The lowest BCUT2D eigenvalue weighted by atomic mass is 10.0. The van der Waals surface area contributed by atoms with E-state index >= 15 is 0 Å². The second-order valence-electron chi connectivity index (χ2n) is 11.9. The van der Waals surface area contributed by atoms with Crippen molar-refractivity contribution in [1.29, 1.82) is 0 Å². The van der Waals surface area contributed by atoms with Gasteiger partial charge in [-0.15, -0.1) is 0 Å². The molecule has 6 nitrogen and oxygen atoms in total. The number of benzene rings is 2. The molecule has 13 heteroatoms. The van der Waals surface area contributed by atoms with Gasteiger partial charge in [0.15, 0.2) is 0 Å². The number of anilines is 2. The van der Waals surface area contributed by atoms with Crippen molar-refractivity contribution in [1.82, 2.24) is 19.9 Å². The summed E-state index contributed by atoms with van der Waals surface area (Å²) in [5, 5.41) is 7.04. The molecule has 0 unspecified atom stereocenters. The average Bonchev–Trinajstić information content (AvgIpc) is 3.72. The quantitative estimate of drug-likeness (QED) is 0.156. The lowest BCUT2D eigenvalue weighted by Gasteiger charge is -2.18. The highest BCUT2D eigenvalue weighted by Crippen LogP contribution is 2.37. The Hall–Kier alpha value is -3.93. The highest BCUT2D eigenvalue weighted by molar-refractivity contribution is 6.32. The summed E-state index contributed by atoms with van der Waals surface area (Å²) in [5.74, 6) is 2.45. The standard InChI is InChI=1S/C17H17ClF3N3.C17H18F3N3/c1-10-22-15(18)14(16(23-10)24-13-4-2-3-5-13)11-6-8-12(9-7-11)17(19,20)21;1-11-21-10-15(16(22-11)23-14-4-2-3-5-14)12-6-8-13(9-7-12)17(18,19)20/h6-9,13H,2-5H2,1H3,(H,22,23,24);6-10,14H,2-5H2,1H3,(H,21,22,23). The molecule has 2 N–H and O–H groups in total. The van der Waals surface area contributed by atoms with Gasteiger partial charge in [0.25, 0.3) is 0 Å². The fraction of sp³-hybridized carbons (Fsp3) is 0.412. The van der Waals surface area contributed by atoms with Crippen LogP contribution in [0.15, 0.2) is 54.7 Å². The van der Waals surface area contributed by atoms with Gasteiger partial charge in [-0.05, 0) is 74.9 Å². The first kappa shape index (κ1) is 34.4. The molecule has 0 atom stereocenters. The van der Waals surface area contributed by atoms with Crippen LogP contribution in [-0.4, -0.2) is 32.0 Å². The average molecular weight is 677 g/mol. The summed E-state index contributed by atoms with van der Waals surface area (Å²) in [6.07, 6.45) is 1.96. The fourth-order valence-electron chi connectivity index (χ4n) is 5.88. The zero-order valence-electron chi connectivity index (χ0n) is 25.9. The number of hydrogen-bond donors (Lipinski definition) is 2. The van der Waals surface area contributed by atoms with Gasteiger partial charge in [0.05, 0.1) is 16.7 Å². The Bertz CT molecular complexity index is 1650. The Kier molecular flexibility index (Phi) is 10.6. The van der Waals surface area contributed by atoms with Crippen LogP contribution in [0.25, 0.3) is 22.3 Å². The molecule has 2 aromatic heterocycles. The first-order chi connectivity index (χ1) is 22.3. The van der Waals surface area contributed by atoms with Gasteiger partial charge in [-0.25, -0.2) is 19.9 Å². The molecule has 0 aliphatic heterocycles. The van der Waals surface area contributed by atoms with Crippen molar-refractivity contribution in [2.75, 3.05) is 10.6 Å². The predicted octanol–water partition coefficient (Wildman–Crippen LogP) is 10.3. The molecule has 47 heavy (non-hydrogen) atoms. The lowest BCUT2D eigenvalue weighted by molar-refractivity contribution is -0.138. The Morgan fingerprint density at radius 3 is 1.55 bits per heavy atom. The van der Waals surface area contributed by atoms with Gasteiger partial charge < -0.3 is 10.6 Å². The van der Waals surface area contributed by atoms with Crippen molar-refractivity contribution < 1.29 is 26.3 Å². The minimum Gasteiger partial charge on any atom is -0.367 e. The summed E-state index contributed by atoms with van der Waals surface area (Å²) < 4.78 is 76.3. The van der Waals surface area contributed by atoms with E-state index in [0.29, 0.717) is 52.1 Å². The van der Waals surface area contributed by atoms with Crippen LogP contribution in [0.4, 0.5) is 38.0 Å². The number of aryl methyl sites for hydroxylation is 2. The van der Waals surface area contributed by atoms with Gasteiger partial charge >= 0.3 is 12.4 Å². The van der Waals surface area contributed by atoms with Crippen LogP contribution in [-0.2, 0) is 12.4 Å². The van der Waals surface area contributed by atoms with Gasteiger partial charge in [0.1, 0.15) is 28.4 Å². The molecule has 6 rings (SSSR count). The smallest absolute Gasteiger partial charge is 0.367 e. The first-order valence-electron chi connectivity index (χ1n) is 15.5. The molecule has 2 aliphatic rings. The third-order valence-corrected chi connectivity index (χ3v) is 8.58.